The maximum atomic E-state index is 6.16. The molecule has 0 unspecified atom stereocenters. The van der Waals surface area contributed by atoms with Gasteiger partial charge in [-0.15, -0.1) is 0 Å². The minimum absolute atomic E-state index is 0.731. The van der Waals surface area contributed by atoms with Crippen LogP contribution < -0.4 is 11.1 Å². The number of nitrogen functional groups attached to an aromatic ring is 1. The fourth-order valence-corrected chi connectivity index (χ4v) is 5.79. The lowest BCUT2D eigenvalue weighted by molar-refractivity contribution is 0.737. The van der Waals surface area contributed by atoms with E-state index in [4.69, 9.17) is 5.73 Å². The number of hydrogen-bond acceptors (Lipinski definition) is 2. The molecule has 0 spiro atoms. The molecule has 0 aromatic heterocycles. The van der Waals surface area contributed by atoms with Gasteiger partial charge < -0.3 is 11.1 Å². The highest BCUT2D eigenvalue weighted by Crippen LogP contribution is 2.46. The van der Waals surface area contributed by atoms with Crippen LogP contribution in [0.1, 0.15) is 20.8 Å². The Morgan fingerprint density at radius 1 is 0.432 bits per heavy atom. The van der Waals surface area contributed by atoms with Crippen molar-refractivity contribution in [3.8, 4) is 33.4 Å². The van der Waals surface area contributed by atoms with Gasteiger partial charge in [0.05, 0.1) is 11.4 Å². The summed E-state index contributed by atoms with van der Waals surface area (Å²) in [5, 5.41) is 8.44. The van der Waals surface area contributed by atoms with Crippen LogP contribution in [-0.4, -0.2) is 0 Å². The van der Waals surface area contributed by atoms with Crippen LogP contribution in [0.5, 0.6) is 0 Å². The van der Waals surface area contributed by atoms with Crippen LogP contribution in [0.4, 0.5) is 17.1 Å². The molecule has 0 aliphatic rings. The molecule has 7 rings (SSSR count). The third-order valence-electron chi connectivity index (χ3n) is 7.63. The quantitative estimate of drug-likeness (QED) is 0.160. The lowest BCUT2D eigenvalue weighted by Crippen LogP contribution is -1.96. The van der Waals surface area contributed by atoms with Crippen molar-refractivity contribution in [2.75, 3.05) is 11.1 Å². The van der Waals surface area contributed by atoms with E-state index in [1.165, 1.54) is 54.9 Å². The molecular formula is C42H38N2. The van der Waals surface area contributed by atoms with Gasteiger partial charge in [0.25, 0.3) is 0 Å². The van der Waals surface area contributed by atoms with E-state index < -0.39 is 0 Å². The van der Waals surface area contributed by atoms with Crippen molar-refractivity contribution in [3.63, 3.8) is 0 Å². The molecule has 7 aromatic carbocycles. The first kappa shape index (κ1) is 28.8. The molecule has 0 bridgehead atoms. The minimum Gasteiger partial charge on any atom is -0.397 e. The summed E-state index contributed by atoms with van der Waals surface area (Å²) in [7, 11) is 0. The van der Waals surface area contributed by atoms with Crippen molar-refractivity contribution in [2.45, 2.75) is 20.8 Å². The van der Waals surface area contributed by atoms with Crippen LogP contribution >= 0.6 is 0 Å². The summed E-state index contributed by atoms with van der Waals surface area (Å²) in [6.07, 6.45) is 0. The molecule has 0 saturated heterocycles. The van der Waals surface area contributed by atoms with Gasteiger partial charge in [0.1, 0.15) is 0 Å². The molecule has 0 heterocycles. The van der Waals surface area contributed by atoms with Gasteiger partial charge in [0, 0.05) is 5.69 Å². The Kier molecular flexibility index (Phi) is 8.43. The summed E-state index contributed by atoms with van der Waals surface area (Å²) in [6, 6.07) is 53.5. The summed E-state index contributed by atoms with van der Waals surface area (Å²) < 4.78 is 0. The average Bonchev–Trinajstić information content (AvgIpc) is 3.05. The lowest BCUT2D eigenvalue weighted by Gasteiger charge is -2.20. The van der Waals surface area contributed by atoms with Crippen molar-refractivity contribution >= 4 is 38.6 Å². The van der Waals surface area contributed by atoms with Gasteiger partial charge in [0.2, 0.25) is 0 Å². The third-order valence-corrected chi connectivity index (χ3v) is 7.63. The van der Waals surface area contributed by atoms with Crippen molar-refractivity contribution in [1.82, 2.24) is 0 Å². The number of para-hydroxylation sites is 2. The van der Waals surface area contributed by atoms with E-state index in [1.807, 2.05) is 24.3 Å². The Morgan fingerprint density at radius 2 is 0.886 bits per heavy atom. The molecule has 2 nitrogen and oxygen atoms in total. The molecule has 7 aromatic rings. The zero-order chi connectivity index (χ0) is 30.5. The molecule has 0 radical (unpaired) electrons. The molecule has 2 heteroatoms. The number of nitrogens with two attached hydrogens (primary N) is 1. The molecule has 216 valence electrons. The van der Waals surface area contributed by atoms with E-state index in [9.17, 15) is 0 Å². The Hall–Kier alpha value is -5.34. The highest BCUT2D eigenvalue weighted by atomic mass is 14.9. The normalized spacial score (nSPS) is 10.9. The van der Waals surface area contributed by atoms with E-state index in [-0.39, 0.29) is 0 Å². The Labute approximate surface area is 260 Å². The summed E-state index contributed by atoms with van der Waals surface area (Å²) in [6.45, 7) is 6.50. The van der Waals surface area contributed by atoms with E-state index in [0.29, 0.717) is 0 Å². The second-order valence-electron chi connectivity index (χ2n) is 11.8. The van der Waals surface area contributed by atoms with Crippen molar-refractivity contribution in [2.24, 2.45) is 5.92 Å². The van der Waals surface area contributed by atoms with E-state index in [2.05, 4.69) is 153 Å². The summed E-state index contributed by atoms with van der Waals surface area (Å²) >= 11 is 0. The average molecular weight is 571 g/mol. The van der Waals surface area contributed by atoms with Crippen LogP contribution in [0.2, 0.25) is 0 Å². The second-order valence-corrected chi connectivity index (χ2v) is 11.8. The third kappa shape index (κ3) is 5.93. The number of nitrogens with one attached hydrogen (secondary N) is 1. The molecule has 0 amide bonds. The van der Waals surface area contributed by atoms with E-state index in [1.54, 1.807) is 0 Å². The van der Waals surface area contributed by atoms with Crippen molar-refractivity contribution < 1.29 is 0 Å². The molecular weight excluding hydrogens is 532 g/mol. The fraction of sp³-hybridized carbons (Fsp3) is 0.0952. The van der Waals surface area contributed by atoms with Crippen LogP contribution in [0, 0.1) is 5.92 Å². The predicted octanol–water partition coefficient (Wildman–Crippen LogP) is 12.0. The van der Waals surface area contributed by atoms with Crippen molar-refractivity contribution in [3.05, 3.63) is 152 Å². The topological polar surface area (TPSA) is 38.0 Å². The fourth-order valence-electron chi connectivity index (χ4n) is 5.79. The van der Waals surface area contributed by atoms with E-state index >= 15 is 0 Å². The minimum atomic E-state index is 0.731. The van der Waals surface area contributed by atoms with Gasteiger partial charge in [0.15, 0.2) is 0 Å². The SMILES string of the molecule is CC(C)C.Nc1ccccc1Nc1ccc(-c2c3ccccc3c(-c3ccccc3-c3ccccc3)c3ccccc23)cc1. The van der Waals surface area contributed by atoms with Crippen LogP contribution in [0.25, 0.3) is 54.9 Å². The van der Waals surface area contributed by atoms with Gasteiger partial charge in [-0.05, 0) is 85.1 Å². The lowest BCUT2D eigenvalue weighted by atomic mass is 9.84. The predicted molar refractivity (Wildman–Crippen MR) is 192 cm³/mol. The molecule has 0 fully saturated rings. The molecule has 0 aliphatic carbocycles. The number of benzene rings is 7. The van der Waals surface area contributed by atoms with E-state index in [0.717, 1.165) is 23.0 Å². The molecule has 0 saturated carbocycles. The number of rotatable bonds is 5. The second kappa shape index (κ2) is 12.9. The van der Waals surface area contributed by atoms with Crippen LogP contribution in [0.15, 0.2) is 152 Å². The van der Waals surface area contributed by atoms with Gasteiger partial charge in [-0.1, -0.05) is 148 Å². The number of hydrogen-bond donors (Lipinski definition) is 2. The largest absolute Gasteiger partial charge is 0.397 e. The standard InChI is InChI=1S/C38H28N2.C4H10/c39-35-20-10-11-21-36(35)40-28-24-22-27(23-25-28)37-31-16-6-8-18-33(31)38(34-19-9-7-17-32(34)37)30-15-5-4-14-29(30)26-12-2-1-3-13-26;1-4(2)3/h1-25,40H,39H2;4H,1-3H3. The van der Waals surface area contributed by atoms with Gasteiger partial charge >= 0.3 is 0 Å². The summed E-state index contributed by atoms with van der Waals surface area (Å²) in [4.78, 5) is 0. The zero-order valence-corrected chi connectivity index (χ0v) is 25.6. The smallest absolute Gasteiger partial charge is 0.0617 e. The van der Waals surface area contributed by atoms with Gasteiger partial charge in [-0.2, -0.15) is 0 Å². The van der Waals surface area contributed by atoms with Gasteiger partial charge in [-0.3, -0.25) is 0 Å². The van der Waals surface area contributed by atoms with Crippen LogP contribution in [-0.2, 0) is 0 Å². The first-order valence-electron chi connectivity index (χ1n) is 15.3. The first-order chi connectivity index (χ1) is 21.5. The Balaban J connectivity index is 0.000000810. The summed E-state index contributed by atoms with van der Waals surface area (Å²) in [5.74, 6) is 0.833. The Morgan fingerprint density at radius 3 is 1.45 bits per heavy atom. The molecule has 0 aliphatic heterocycles. The summed E-state index contributed by atoms with van der Waals surface area (Å²) in [5.41, 5.74) is 16.2. The maximum Gasteiger partial charge on any atom is 0.0617 e. The Bertz CT molecular complexity index is 1960. The number of fused-ring (bicyclic) bond motifs is 2. The number of anilines is 3. The monoisotopic (exact) mass is 570 g/mol. The van der Waals surface area contributed by atoms with Gasteiger partial charge in [-0.25, -0.2) is 0 Å². The molecule has 3 N–H and O–H groups in total. The first-order valence-corrected chi connectivity index (χ1v) is 15.3. The zero-order valence-electron chi connectivity index (χ0n) is 25.6. The van der Waals surface area contributed by atoms with Crippen molar-refractivity contribution in [1.29, 1.82) is 0 Å². The molecule has 44 heavy (non-hydrogen) atoms. The van der Waals surface area contributed by atoms with Crippen LogP contribution in [0.3, 0.4) is 0 Å². The highest BCUT2D eigenvalue weighted by Gasteiger charge is 2.18. The maximum absolute atomic E-state index is 6.16. The highest BCUT2D eigenvalue weighted by molar-refractivity contribution is 6.22. The molecule has 0 atom stereocenters.